The summed E-state index contributed by atoms with van der Waals surface area (Å²) in [5.74, 6) is 0.439. The Balaban J connectivity index is 1.65. The van der Waals surface area contributed by atoms with Gasteiger partial charge in [0, 0.05) is 11.1 Å². The zero-order chi connectivity index (χ0) is 18.4. The van der Waals surface area contributed by atoms with Crippen molar-refractivity contribution in [3.8, 4) is 22.8 Å². The van der Waals surface area contributed by atoms with E-state index in [4.69, 9.17) is 4.74 Å². The Hall–Kier alpha value is -3.61. The van der Waals surface area contributed by atoms with E-state index in [1.54, 1.807) is 30.3 Å². The molecule has 1 heterocycles. The molecule has 7 nitrogen and oxygen atoms in total. The molecule has 3 N–H and O–H groups in total. The minimum atomic E-state index is -0.429. The molecule has 2 aromatic carbocycles. The third kappa shape index (κ3) is 4.07. The van der Waals surface area contributed by atoms with Crippen molar-refractivity contribution >= 4 is 12.1 Å². The van der Waals surface area contributed by atoms with Crippen LogP contribution in [-0.4, -0.2) is 34.0 Å². The lowest BCUT2D eigenvalue weighted by molar-refractivity contribution is 0.0950. The van der Waals surface area contributed by atoms with Crippen molar-refractivity contribution in [1.82, 2.24) is 15.6 Å². The van der Waals surface area contributed by atoms with Gasteiger partial charge in [-0.2, -0.15) is 10.2 Å². The summed E-state index contributed by atoms with van der Waals surface area (Å²) in [5, 5.41) is 20.3. The summed E-state index contributed by atoms with van der Waals surface area (Å²) < 4.78 is 5.40. The first-order valence-corrected chi connectivity index (χ1v) is 8.07. The Labute approximate surface area is 150 Å². The molecule has 26 heavy (non-hydrogen) atoms. The van der Waals surface area contributed by atoms with E-state index in [1.807, 2.05) is 31.2 Å². The number of aromatic nitrogens is 2. The van der Waals surface area contributed by atoms with Crippen molar-refractivity contribution in [2.45, 2.75) is 6.92 Å². The van der Waals surface area contributed by atoms with Gasteiger partial charge in [-0.25, -0.2) is 5.43 Å². The second-order valence-electron chi connectivity index (χ2n) is 5.38. The fraction of sp³-hybridized carbons (Fsp3) is 0.105. The smallest absolute Gasteiger partial charge is 0.289 e. The summed E-state index contributed by atoms with van der Waals surface area (Å²) in [6.07, 6.45) is 1.37. The van der Waals surface area contributed by atoms with Gasteiger partial charge in [0.2, 0.25) is 0 Å². The number of aromatic amines is 1. The molecule has 132 valence electrons. The predicted molar refractivity (Wildman–Crippen MR) is 98.4 cm³/mol. The Morgan fingerprint density at radius 1 is 1.27 bits per heavy atom. The molecule has 3 aromatic rings. The van der Waals surface area contributed by atoms with Gasteiger partial charge in [-0.05, 0) is 49.4 Å². The highest BCUT2D eigenvalue weighted by molar-refractivity contribution is 5.94. The number of amides is 1. The number of phenolic OH excluding ortho intramolecular Hbond substituents is 1. The van der Waals surface area contributed by atoms with Gasteiger partial charge in [-0.15, -0.1) is 0 Å². The van der Waals surface area contributed by atoms with Crippen molar-refractivity contribution in [3.63, 3.8) is 0 Å². The van der Waals surface area contributed by atoms with Crippen molar-refractivity contribution in [1.29, 1.82) is 0 Å². The van der Waals surface area contributed by atoms with Crippen LogP contribution < -0.4 is 10.2 Å². The van der Waals surface area contributed by atoms with E-state index >= 15 is 0 Å². The summed E-state index contributed by atoms with van der Waals surface area (Å²) >= 11 is 0. The number of carbonyl (C=O) groups excluding carboxylic acids is 1. The molecule has 7 heteroatoms. The molecular weight excluding hydrogens is 332 g/mol. The Morgan fingerprint density at radius 2 is 2.04 bits per heavy atom. The van der Waals surface area contributed by atoms with Crippen LogP contribution in [0.5, 0.6) is 11.5 Å². The molecule has 3 rings (SSSR count). The highest BCUT2D eigenvalue weighted by atomic mass is 16.5. The van der Waals surface area contributed by atoms with E-state index in [1.165, 1.54) is 6.21 Å². The number of aromatic hydroxyl groups is 1. The molecule has 0 spiro atoms. The Bertz CT molecular complexity index is 917. The van der Waals surface area contributed by atoms with Crippen molar-refractivity contribution in [2.75, 3.05) is 6.61 Å². The second-order valence-corrected chi connectivity index (χ2v) is 5.38. The van der Waals surface area contributed by atoms with Gasteiger partial charge >= 0.3 is 0 Å². The first-order chi connectivity index (χ1) is 12.7. The van der Waals surface area contributed by atoms with Crippen LogP contribution in [0, 0.1) is 0 Å². The molecule has 0 radical (unpaired) electrons. The lowest BCUT2D eigenvalue weighted by Crippen LogP contribution is -2.18. The molecule has 0 fully saturated rings. The topological polar surface area (TPSA) is 99.6 Å². The van der Waals surface area contributed by atoms with Crippen LogP contribution in [0.1, 0.15) is 23.0 Å². The van der Waals surface area contributed by atoms with Gasteiger partial charge in [-0.3, -0.25) is 9.89 Å². The normalized spacial score (nSPS) is 10.8. The number of carbonyl (C=O) groups is 1. The SMILES string of the molecule is CCOc1ccc(-c2cc(C(=O)NN=Cc3ccccc3O)[nH]n2)cc1. The van der Waals surface area contributed by atoms with Crippen LogP contribution in [0.3, 0.4) is 0 Å². The maximum Gasteiger partial charge on any atom is 0.289 e. The van der Waals surface area contributed by atoms with E-state index < -0.39 is 5.91 Å². The Kier molecular flexibility index (Phi) is 5.28. The van der Waals surface area contributed by atoms with Crippen molar-refractivity contribution in [2.24, 2.45) is 5.10 Å². The van der Waals surface area contributed by atoms with Gasteiger partial charge < -0.3 is 9.84 Å². The third-order valence-corrected chi connectivity index (χ3v) is 3.59. The van der Waals surface area contributed by atoms with E-state index in [9.17, 15) is 9.90 Å². The number of nitrogens with one attached hydrogen (secondary N) is 2. The standard InChI is InChI=1S/C19H18N4O3/c1-2-26-15-9-7-13(8-10-15)16-11-17(22-21-16)19(25)23-20-12-14-5-3-4-6-18(14)24/h3-12,24H,2H2,1H3,(H,21,22)(H,23,25). The molecule has 0 unspecified atom stereocenters. The lowest BCUT2D eigenvalue weighted by atomic mass is 10.1. The number of phenols is 1. The average molecular weight is 350 g/mol. The van der Waals surface area contributed by atoms with E-state index in [2.05, 4.69) is 20.7 Å². The quantitative estimate of drug-likeness (QED) is 0.470. The third-order valence-electron chi connectivity index (χ3n) is 3.59. The van der Waals surface area contributed by atoms with Crippen LogP contribution in [0.25, 0.3) is 11.3 Å². The highest BCUT2D eigenvalue weighted by Gasteiger charge is 2.10. The molecule has 0 aliphatic carbocycles. The second kappa shape index (κ2) is 7.98. The predicted octanol–water partition coefficient (Wildman–Crippen LogP) is 2.94. The summed E-state index contributed by atoms with van der Waals surface area (Å²) in [7, 11) is 0. The lowest BCUT2D eigenvalue weighted by Gasteiger charge is -2.02. The van der Waals surface area contributed by atoms with Gasteiger partial charge in [0.15, 0.2) is 0 Å². The first-order valence-electron chi connectivity index (χ1n) is 8.07. The first kappa shape index (κ1) is 17.2. The number of hydrogen-bond acceptors (Lipinski definition) is 5. The zero-order valence-corrected chi connectivity index (χ0v) is 14.1. The number of nitrogens with zero attached hydrogens (tertiary/aromatic N) is 2. The van der Waals surface area contributed by atoms with E-state index in [-0.39, 0.29) is 11.4 Å². The van der Waals surface area contributed by atoms with Crippen LogP contribution in [0.15, 0.2) is 59.7 Å². The number of benzene rings is 2. The summed E-state index contributed by atoms with van der Waals surface area (Å²) in [4.78, 5) is 12.1. The fourth-order valence-corrected chi connectivity index (χ4v) is 2.29. The number of H-pyrrole nitrogens is 1. The zero-order valence-electron chi connectivity index (χ0n) is 14.1. The molecule has 0 atom stereocenters. The molecule has 0 saturated heterocycles. The summed E-state index contributed by atoms with van der Waals surface area (Å²) in [6, 6.07) is 15.8. The van der Waals surface area contributed by atoms with Crippen molar-refractivity contribution in [3.05, 3.63) is 65.9 Å². The van der Waals surface area contributed by atoms with Gasteiger partial charge in [-0.1, -0.05) is 12.1 Å². The maximum absolute atomic E-state index is 12.1. The van der Waals surface area contributed by atoms with Gasteiger partial charge in [0.25, 0.3) is 5.91 Å². The fourth-order valence-electron chi connectivity index (χ4n) is 2.29. The summed E-state index contributed by atoms with van der Waals surface area (Å²) in [5.41, 5.74) is 4.69. The van der Waals surface area contributed by atoms with Gasteiger partial charge in [0.05, 0.1) is 18.5 Å². The number of hydrazone groups is 1. The minimum Gasteiger partial charge on any atom is -0.507 e. The largest absolute Gasteiger partial charge is 0.507 e. The van der Waals surface area contributed by atoms with E-state index in [0.717, 1.165) is 11.3 Å². The number of para-hydroxylation sites is 1. The molecule has 1 aromatic heterocycles. The summed E-state index contributed by atoms with van der Waals surface area (Å²) in [6.45, 7) is 2.53. The number of hydrogen-bond donors (Lipinski definition) is 3. The monoisotopic (exact) mass is 350 g/mol. The van der Waals surface area contributed by atoms with E-state index in [0.29, 0.717) is 17.9 Å². The maximum atomic E-state index is 12.1. The average Bonchev–Trinajstić information content (AvgIpc) is 3.14. The molecule has 0 bridgehead atoms. The van der Waals surface area contributed by atoms with Crippen LogP contribution >= 0.6 is 0 Å². The molecule has 1 amide bonds. The molecule has 0 saturated carbocycles. The Morgan fingerprint density at radius 3 is 2.77 bits per heavy atom. The minimum absolute atomic E-state index is 0.0878. The van der Waals surface area contributed by atoms with Crippen LogP contribution in [0.4, 0.5) is 0 Å². The van der Waals surface area contributed by atoms with Crippen LogP contribution in [0.2, 0.25) is 0 Å². The highest BCUT2D eigenvalue weighted by Crippen LogP contribution is 2.21. The van der Waals surface area contributed by atoms with Gasteiger partial charge in [0.1, 0.15) is 17.2 Å². The molecule has 0 aliphatic rings. The van der Waals surface area contributed by atoms with Crippen molar-refractivity contribution < 1.29 is 14.6 Å². The van der Waals surface area contributed by atoms with Crippen LogP contribution in [-0.2, 0) is 0 Å². The number of ether oxygens (including phenoxy) is 1. The number of rotatable bonds is 6. The molecular formula is C19H18N4O3. The molecule has 0 aliphatic heterocycles.